The summed E-state index contributed by atoms with van der Waals surface area (Å²) >= 11 is 0. The van der Waals surface area contributed by atoms with Crippen LogP contribution in [0.15, 0.2) is 66.7 Å². The Morgan fingerprint density at radius 1 is 0.636 bits per heavy atom. The van der Waals surface area contributed by atoms with Crippen LogP contribution in [0.25, 0.3) is 21.9 Å². The van der Waals surface area contributed by atoms with Crippen LogP contribution >= 0.6 is 0 Å². The molecule has 0 atom stereocenters. The van der Waals surface area contributed by atoms with E-state index in [1.54, 1.807) is 0 Å². The SMILES string of the molecule is CCCCCCc1ccc(-c2ccccc2)c2ccccc12. The zero-order valence-corrected chi connectivity index (χ0v) is 13.4. The number of aryl methyl sites for hydroxylation is 1. The van der Waals surface area contributed by atoms with E-state index in [4.69, 9.17) is 0 Å². The molecule has 22 heavy (non-hydrogen) atoms. The standard InChI is InChI=1S/C22H24/c1-2-3-4-6-13-19-16-17-21(18-11-7-5-8-12-18)22-15-10-9-14-20(19)22/h5,7-12,14-17H,2-4,6,13H2,1H3. The minimum absolute atomic E-state index is 1.19. The predicted octanol–water partition coefficient (Wildman–Crippen LogP) is 6.63. The largest absolute Gasteiger partial charge is 0.0654 e. The Labute approximate surface area is 133 Å². The van der Waals surface area contributed by atoms with Crippen LogP contribution in [0, 0.1) is 0 Å². The van der Waals surface area contributed by atoms with Crippen molar-refractivity contribution in [2.24, 2.45) is 0 Å². The quantitative estimate of drug-likeness (QED) is 0.446. The molecule has 0 radical (unpaired) electrons. The zero-order chi connectivity index (χ0) is 15.2. The molecular formula is C22H24. The Balaban J connectivity index is 1.97. The van der Waals surface area contributed by atoms with E-state index in [2.05, 4.69) is 73.7 Å². The maximum atomic E-state index is 2.33. The molecule has 0 amide bonds. The minimum Gasteiger partial charge on any atom is -0.0654 e. The van der Waals surface area contributed by atoms with E-state index >= 15 is 0 Å². The maximum Gasteiger partial charge on any atom is -0.0103 e. The van der Waals surface area contributed by atoms with Gasteiger partial charge in [0.15, 0.2) is 0 Å². The molecule has 0 heterocycles. The molecule has 0 spiro atoms. The van der Waals surface area contributed by atoms with Crippen molar-refractivity contribution in [1.82, 2.24) is 0 Å². The third kappa shape index (κ3) is 3.22. The van der Waals surface area contributed by atoms with Crippen molar-refractivity contribution in [1.29, 1.82) is 0 Å². The highest BCUT2D eigenvalue weighted by Crippen LogP contribution is 2.31. The van der Waals surface area contributed by atoms with Crippen molar-refractivity contribution in [2.75, 3.05) is 0 Å². The van der Waals surface area contributed by atoms with Crippen LogP contribution < -0.4 is 0 Å². The lowest BCUT2D eigenvalue weighted by Gasteiger charge is -2.11. The highest BCUT2D eigenvalue weighted by molar-refractivity contribution is 5.98. The smallest absolute Gasteiger partial charge is 0.0103 e. The number of hydrogen-bond acceptors (Lipinski definition) is 0. The molecule has 0 bridgehead atoms. The van der Waals surface area contributed by atoms with E-state index in [0.29, 0.717) is 0 Å². The van der Waals surface area contributed by atoms with Gasteiger partial charge in [0.1, 0.15) is 0 Å². The van der Waals surface area contributed by atoms with Gasteiger partial charge in [-0.2, -0.15) is 0 Å². The Morgan fingerprint density at radius 3 is 2.14 bits per heavy atom. The van der Waals surface area contributed by atoms with Crippen molar-refractivity contribution < 1.29 is 0 Å². The second-order valence-electron chi connectivity index (χ2n) is 5.99. The minimum atomic E-state index is 1.19. The summed E-state index contributed by atoms with van der Waals surface area (Å²) in [6.45, 7) is 2.27. The fourth-order valence-corrected chi connectivity index (χ4v) is 3.19. The summed E-state index contributed by atoms with van der Waals surface area (Å²) in [4.78, 5) is 0. The van der Waals surface area contributed by atoms with Gasteiger partial charge >= 0.3 is 0 Å². The van der Waals surface area contributed by atoms with Crippen LogP contribution in [0.5, 0.6) is 0 Å². The molecule has 0 aliphatic rings. The van der Waals surface area contributed by atoms with E-state index in [9.17, 15) is 0 Å². The summed E-state index contributed by atoms with van der Waals surface area (Å²) in [7, 11) is 0. The number of hydrogen-bond donors (Lipinski definition) is 0. The number of benzene rings is 3. The van der Waals surface area contributed by atoms with E-state index in [-0.39, 0.29) is 0 Å². The van der Waals surface area contributed by atoms with Crippen LogP contribution in [0.2, 0.25) is 0 Å². The summed E-state index contributed by atoms with van der Waals surface area (Å²) in [6, 6.07) is 24.2. The van der Waals surface area contributed by atoms with Gasteiger partial charge in [-0.1, -0.05) is 92.9 Å². The van der Waals surface area contributed by atoms with E-state index in [1.807, 2.05) is 0 Å². The molecule has 0 aliphatic carbocycles. The van der Waals surface area contributed by atoms with Gasteiger partial charge in [-0.05, 0) is 40.3 Å². The predicted molar refractivity (Wildman–Crippen MR) is 97.2 cm³/mol. The molecule has 0 aromatic heterocycles. The van der Waals surface area contributed by atoms with Gasteiger partial charge in [0.25, 0.3) is 0 Å². The topological polar surface area (TPSA) is 0 Å². The Hall–Kier alpha value is -2.08. The zero-order valence-electron chi connectivity index (χ0n) is 13.4. The highest BCUT2D eigenvalue weighted by atomic mass is 14.1. The highest BCUT2D eigenvalue weighted by Gasteiger charge is 2.07. The monoisotopic (exact) mass is 288 g/mol. The third-order valence-electron chi connectivity index (χ3n) is 4.40. The van der Waals surface area contributed by atoms with Crippen molar-refractivity contribution in [3.05, 3.63) is 72.3 Å². The van der Waals surface area contributed by atoms with Crippen molar-refractivity contribution >= 4 is 10.8 Å². The summed E-state index contributed by atoms with van der Waals surface area (Å²) in [5.41, 5.74) is 4.14. The van der Waals surface area contributed by atoms with E-state index < -0.39 is 0 Å². The molecule has 0 N–H and O–H groups in total. The Morgan fingerprint density at radius 2 is 1.36 bits per heavy atom. The van der Waals surface area contributed by atoms with Crippen molar-refractivity contribution in [3.63, 3.8) is 0 Å². The van der Waals surface area contributed by atoms with Crippen LogP contribution in [0.1, 0.15) is 38.2 Å². The van der Waals surface area contributed by atoms with Crippen LogP contribution in [-0.2, 0) is 6.42 Å². The maximum absolute atomic E-state index is 2.33. The van der Waals surface area contributed by atoms with Crippen LogP contribution in [-0.4, -0.2) is 0 Å². The second-order valence-corrected chi connectivity index (χ2v) is 5.99. The lowest BCUT2D eigenvalue weighted by Crippen LogP contribution is -1.90. The average molecular weight is 288 g/mol. The Bertz CT molecular complexity index is 725. The van der Waals surface area contributed by atoms with E-state index in [0.717, 1.165) is 0 Å². The molecule has 3 aromatic carbocycles. The molecule has 0 nitrogen and oxygen atoms in total. The summed E-state index contributed by atoms with van der Waals surface area (Å²) in [5, 5.41) is 2.79. The molecule has 0 aliphatic heterocycles. The average Bonchev–Trinajstić information content (AvgIpc) is 2.59. The molecule has 0 unspecified atom stereocenters. The Kier molecular flexibility index (Phi) is 4.90. The van der Waals surface area contributed by atoms with Gasteiger partial charge in [-0.15, -0.1) is 0 Å². The molecular weight excluding hydrogens is 264 g/mol. The van der Waals surface area contributed by atoms with Crippen molar-refractivity contribution in [2.45, 2.75) is 39.0 Å². The first-order valence-electron chi connectivity index (χ1n) is 8.46. The number of fused-ring (bicyclic) bond motifs is 1. The first kappa shape index (κ1) is 14.8. The molecule has 112 valence electrons. The molecule has 0 fully saturated rings. The molecule has 0 saturated carbocycles. The summed E-state index contributed by atoms with van der Waals surface area (Å²) in [6.07, 6.45) is 6.47. The lowest BCUT2D eigenvalue weighted by molar-refractivity contribution is 0.668. The van der Waals surface area contributed by atoms with Crippen LogP contribution in [0.3, 0.4) is 0 Å². The van der Waals surface area contributed by atoms with Crippen LogP contribution in [0.4, 0.5) is 0 Å². The lowest BCUT2D eigenvalue weighted by atomic mass is 9.93. The van der Waals surface area contributed by atoms with Gasteiger partial charge in [-0.3, -0.25) is 0 Å². The fraction of sp³-hybridized carbons (Fsp3) is 0.273. The normalized spacial score (nSPS) is 11.0. The molecule has 3 aromatic rings. The van der Waals surface area contributed by atoms with Gasteiger partial charge in [-0.25, -0.2) is 0 Å². The van der Waals surface area contributed by atoms with E-state index in [1.165, 1.54) is 59.6 Å². The van der Waals surface area contributed by atoms with Gasteiger partial charge in [0.05, 0.1) is 0 Å². The fourth-order valence-electron chi connectivity index (χ4n) is 3.19. The number of rotatable bonds is 6. The van der Waals surface area contributed by atoms with Gasteiger partial charge < -0.3 is 0 Å². The summed E-state index contributed by atoms with van der Waals surface area (Å²) < 4.78 is 0. The number of unbranched alkanes of at least 4 members (excludes halogenated alkanes) is 3. The third-order valence-corrected chi connectivity index (χ3v) is 4.40. The molecule has 0 saturated heterocycles. The first-order chi connectivity index (χ1) is 10.9. The molecule has 3 rings (SSSR count). The van der Waals surface area contributed by atoms with Gasteiger partial charge in [0.2, 0.25) is 0 Å². The molecule has 0 heteroatoms. The summed E-state index contributed by atoms with van der Waals surface area (Å²) in [5.74, 6) is 0. The van der Waals surface area contributed by atoms with Crippen molar-refractivity contribution in [3.8, 4) is 11.1 Å². The second kappa shape index (κ2) is 7.26. The first-order valence-corrected chi connectivity index (χ1v) is 8.46. The van der Waals surface area contributed by atoms with Gasteiger partial charge in [0, 0.05) is 0 Å².